The van der Waals surface area contributed by atoms with Crippen LogP contribution in [0.15, 0.2) is 36.5 Å². The fourth-order valence-electron chi connectivity index (χ4n) is 5.38. The second-order valence-corrected chi connectivity index (χ2v) is 11.6. The van der Waals surface area contributed by atoms with Crippen LogP contribution in [0.4, 0.5) is 15.4 Å². The third-order valence-electron chi connectivity index (χ3n) is 7.54. The number of nitrogens with zero attached hydrogens (tertiary/aromatic N) is 5. The molecule has 3 heterocycles. The minimum Gasteiger partial charge on any atom is -0.497 e. The number of urea groups is 1. The molecule has 11 nitrogen and oxygen atoms in total. The number of rotatable bonds is 6. The van der Waals surface area contributed by atoms with E-state index in [9.17, 15) is 14.4 Å². The average Bonchev–Trinajstić information content (AvgIpc) is 3.52. The van der Waals surface area contributed by atoms with Crippen LogP contribution in [-0.2, 0) is 36.2 Å². The molecule has 3 aromatic rings. The summed E-state index contributed by atoms with van der Waals surface area (Å²) in [5.41, 5.74) is 4.16. The van der Waals surface area contributed by atoms with E-state index in [1.807, 2.05) is 39.3 Å². The van der Waals surface area contributed by atoms with Crippen LogP contribution in [0.3, 0.4) is 0 Å². The Labute approximate surface area is 245 Å². The average molecular weight is 576 g/mol. The number of fused-ring (bicyclic) bond motifs is 1. The van der Waals surface area contributed by atoms with Crippen molar-refractivity contribution in [3.8, 4) is 22.9 Å². The van der Waals surface area contributed by atoms with Crippen LogP contribution in [0.25, 0.3) is 11.4 Å². The summed E-state index contributed by atoms with van der Waals surface area (Å²) in [7, 11) is 4.96. The lowest BCUT2D eigenvalue weighted by molar-refractivity contribution is -0.129. The Balaban J connectivity index is 1.38. The maximum Gasteiger partial charge on any atom is 0.410 e. The Morgan fingerprint density at radius 2 is 1.74 bits per heavy atom. The number of carbonyl (C=O) groups excluding carboxylic acids is 3. The molecule has 11 heteroatoms. The van der Waals surface area contributed by atoms with Crippen molar-refractivity contribution < 1.29 is 28.6 Å². The van der Waals surface area contributed by atoms with Gasteiger partial charge in [0.2, 0.25) is 5.91 Å². The molecule has 0 bridgehead atoms. The number of hydrogen-bond acceptors (Lipinski definition) is 7. The summed E-state index contributed by atoms with van der Waals surface area (Å²) in [5.74, 6) is 2.18. The first kappa shape index (κ1) is 29.0. The predicted molar refractivity (Wildman–Crippen MR) is 156 cm³/mol. The number of ether oxygens (including phenoxy) is 3. The molecule has 0 saturated carbocycles. The van der Waals surface area contributed by atoms with Crippen molar-refractivity contribution in [1.29, 1.82) is 0 Å². The highest BCUT2D eigenvalue weighted by Gasteiger charge is 2.35. The van der Waals surface area contributed by atoms with Gasteiger partial charge in [-0.2, -0.15) is 0 Å². The lowest BCUT2D eigenvalue weighted by Gasteiger charge is -2.34. The van der Waals surface area contributed by atoms with E-state index in [1.54, 1.807) is 41.3 Å². The summed E-state index contributed by atoms with van der Waals surface area (Å²) < 4.78 is 18.2. The molecular weight excluding hydrogens is 538 g/mol. The van der Waals surface area contributed by atoms with Gasteiger partial charge in [-0.3, -0.25) is 19.5 Å². The van der Waals surface area contributed by atoms with Crippen molar-refractivity contribution >= 4 is 23.8 Å². The molecule has 1 saturated heterocycles. The summed E-state index contributed by atoms with van der Waals surface area (Å²) in [6, 6.07) is 9.01. The number of aryl methyl sites for hydroxylation is 1. The molecule has 0 aliphatic carbocycles. The van der Waals surface area contributed by atoms with E-state index < -0.39 is 11.6 Å². The highest BCUT2D eigenvalue weighted by atomic mass is 16.6. The summed E-state index contributed by atoms with van der Waals surface area (Å²) in [4.78, 5) is 48.4. The zero-order chi connectivity index (χ0) is 30.3. The van der Waals surface area contributed by atoms with Gasteiger partial charge in [0.25, 0.3) is 0 Å². The highest BCUT2D eigenvalue weighted by molar-refractivity contribution is 6.05. The van der Waals surface area contributed by atoms with Crippen molar-refractivity contribution in [2.75, 3.05) is 25.7 Å². The lowest BCUT2D eigenvalue weighted by atomic mass is 10.0. The van der Waals surface area contributed by atoms with E-state index >= 15 is 0 Å². The topological polar surface area (TPSA) is 106 Å². The fraction of sp³-hybridized carbons (Fsp3) is 0.419. The molecule has 5 rings (SSSR count). The predicted octanol–water partition coefficient (Wildman–Crippen LogP) is 5.02. The monoisotopic (exact) mass is 575 g/mol. The van der Waals surface area contributed by atoms with Crippen molar-refractivity contribution in [1.82, 2.24) is 19.4 Å². The van der Waals surface area contributed by atoms with E-state index in [0.717, 1.165) is 22.3 Å². The number of carbonyl (C=O) groups is 3. The molecular formula is C31H37N5O6. The molecule has 0 spiro atoms. The zero-order valence-corrected chi connectivity index (χ0v) is 25.2. The van der Waals surface area contributed by atoms with Crippen molar-refractivity contribution in [3.05, 3.63) is 58.8 Å². The second kappa shape index (κ2) is 11.0. The van der Waals surface area contributed by atoms with E-state index in [2.05, 4.69) is 17.1 Å². The van der Waals surface area contributed by atoms with E-state index in [4.69, 9.17) is 14.2 Å². The molecule has 0 N–H and O–H groups in total. The molecule has 4 amide bonds. The molecule has 2 aromatic carbocycles. The zero-order valence-electron chi connectivity index (χ0n) is 25.2. The summed E-state index contributed by atoms with van der Waals surface area (Å²) in [6.45, 7) is 8.83. The van der Waals surface area contributed by atoms with Gasteiger partial charge in [-0.15, -0.1) is 0 Å². The standard InChI is InChI=1S/C31H37N5O6/c1-19-12-21-16-34(30(39)42-31(2,3)4)17-22(21)13-24(19)28-32-15-26(33(28)5)35-11-10-27(37)36(29(35)38)18-20-8-9-23(40-6)14-25(20)41-7/h8-9,12-15H,10-11,16-18H2,1-7H3. The Kier molecular flexibility index (Phi) is 7.61. The molecule has 222 valence electrons. The minimum atomic E-state index is -0.566. The van der Waals surface area contributed by atoms with Gasteiger partial charge in [-0.05, 0) is 62.6 Å². The number of aromatic nitrogens is 2. The van der Waals surface area contributed by atoms with Gasteiger partial charge >= 0.3 is 12.1 Å². The van der Waals surface area contributed by atoms with E-state index in [-0.39, 0.29) is 31.5 Å². The minimum absolute atomic E-state index is 0.0735. The lowest BCUT2D eigenvalue weighted by Crippen LogP contribution is -2.52. The summed E-state index contributed by atoms with van der Waals surface area (Å²) in [6.07, 6.45) is 1.50. The Bertz CT molecular complexity index is 1560. The number of methoxy groups -OCH3 is 2. The second-order valence-electron chi connectivity index (χ2n) is 11.6. The molecule has 2 aliphatic heterocycles. The number of imide groups is 1. The largest absolute Gasteiger partial charge is 0.497 e. The Hall–Kier alpha value is -4.54. The van der Waals surface area contributed by atoms with Crippen LogP contribution in [0.1, 0.15) is 49.4 Å². The van der Waals surface area contributed by atoms with E-state index in [1.165, 1.54) is 12.0 Å². The van der Waals surface area contributed by atoms with Crippen LogP contribution in [0.5, 0.6) is 11.5 Å². The van der Waals surface area contributed by atoms with E-state index in [0.29, 0.717) is 41.8 Å². The first-order valence-electron chi connectivity index (χ1n) is 13.9. The SMILES string of the molecule is COc1ccc(CN2C(=O)CCN(c3cnc(-c4cc5c(cc4C)CN(C(=O)OC(C)(C)C)C5)n3C)C2=O)c(OC)c1. The molecule has 1 aromatic heterocycles. The van der Waals surface area contributed by atoms with Crippen molar-refractivity contribution in [3.63, 3.8) is 0 Å². The molecule has 0 radical (unpaired) electrons. The van der Waals surface area contributed by atoms with Crippen molar-refractivity contribution in [2.45, 2.75) is 59.4 Å². The first-order chi connectivity index (χ1) is 19.9. The molecule has 0 atom stereocenters. The number of anilines is 1. The summed E-state index contributed by atoms with van der Waals surface area (Å²) >= 11 is 0. The normalized spacial score (nSPS) is 15.3. The number of hydrogen-bond donors (Lipinski definition) is 0. The molecule has 2 aliphatic rings. The van der Waals surface area contributed by atoms with Crippen LogP contribution in [0.2, 0.25) is 0 Å². The quantitative estimate of drug-likeness (QED) is 0.406. The van der Waals surface area contributed by atoms with Crippen LogP contribution in [0, 0.1) is 6.92 Å². The number of imidazole rings is 1. The Morgan fingerprint density at radius 3 is 2.40 bits per heavy atom. The van der Waals surface area contributed by atoms with Crippen molar-refractivity contribution in [2.24, 2.45) is 7.05 Å². The van der Waals surface area contributed by atoms with Gasteiger partial charge in [0.05, 0.1) is 27.0 Å². The molecule has 42 heavy (non-hydrogen) atoms. The van der Waals surface area contributed by atoms with Gasteiger partial charge in [0.1, 0.15) is 28.7 Å². The summed E-state index contributed by atoms with van der Waals surface area (Å²) in [5, 5.41) is 0. The van der Waals surface area contributed by atoms with Crippen LogP contribution >= 0.6 is 0 Å². The molecule has 0 unspecified atom stereocenters. The van der Waals surface area contributed by atoms with Crippen LogP contribution in [-0.4, -0.2) is 63.7 Å². The fourth-order valence-corrected chi connectivity index (χ4v) is 5.38. The number of benzene rings is 2. The third-order valence-corrected chi connectivity index (χ3v) is 7.54. The Morgan fingerprint density at radius 1 is 1.02 bits per heavy atom. The molecule has 1 fully saturated rings. The van der Waals surface area contributed by atoms with Crippen LogP contribution < -0.4 is 14.4 Å². The third kappa shape index (κ3) is 5.50. The maximum atomic E-state index is 13.7. The van der Waals surface area contributed by atoms with Gasteiger partial charge in [0.15, 0.2) is 0 Å². The van der Waals surface area contributed by atoms with Gasteiger partial charge in [-0.25, -0.2) is 14.6 Å². The highest BCUT2D eigenvalue weighted by Crippen LogP contribution is 2.34. The number of amides is 4. The first-order valence-corrected chi connectivity index (χ1v) is 13.9. The van der Waals surface area contributed by atoms with Gasteiger partial charge in [0, 0.05) is 50.3 Å². The van der Waals surface area contributed by atoms with Gasteiger partial charge in [-0.1, -0.05) is 6.07 Å². The maximum absolute atomic E-state index is 13.7. The van der Waals surface area contributed by atoms with Gasteiger partial charge < -0.3 is 18.8 Å². The smallest absolute Gasteiger partial charge is 0.410 e.